The summed E-state index contributed by atoms with van der Waals surface area (Å²) in [4.78, 5) is 0. The lowest BCUT2D eigenvalue weighted by Crippen LogP contribution is -2.18. The van der Waals surface area contributed by atoms with Gasteiger partial charge in [-0.3, -0.25) is 0 Å². The summed E-state index contributed by atoms with van der Waals surface area (Å²) in [6, 6.07) is 8.53. The summed E-state index contributed by atoms with van der Waals surface area (Å²) >= 11 is 3.29. The third kappa shape index (κ3) is 4.19. The zero-order chi connectivity index (χ0) is 13.5. The molecule has 4 nitrogen and oxygen atoms in total. The first-order chi connectivity index (χ1) is 9.33. The molecule has 1 heterocycles. The Balaban J connectivity index is 1.96. The third-order valence-electron chi connectivity index (χ3n) is 2.66. The van der Waals surface area contributed by atoms with Crippen LogP contribution in [0.15, 0.2) is 34.1 Å². The summed E-state index contributed by atoms with van der Waals surface area (Å²) in [5, 5.41) is 11.2. The highest BCUT2D eigenvalue weighted by atomic mass is 32.2. The molecule has 1 aromatic heterocycles. The SMILES string of the molecule is CCOc1ccc(C(CSc2nncs2)NC)cc1. The molecule has 0 amide bonds. The lowest BCUT2D eigenvalue weighted by molar-refractivity contribution is 0.340. The van der Waals surface area contributed by atoms with Gasteiger partial charge in [-0.05, 0) is 31.7 Å². The second-order valence-corrected chi connectivity index (χ2v) is 5.96. The van der Waals surface area contributed by atoms with Crippen LogP contribution in [-0.4, -0.2) is 29.6 Å². The maximum absolute atomic E-state index is 5.45. The predicted octanol–water partition coefficient (Wildman–Crippen LogP) is 2.99. The van der Waals surface area contributed by atoms with Crippen LogP contribution < -0.4 is 10.1 Å². The number of nitrogens with zero attached hydrogens (tertiary/aromatic N) is 2. The third-order valence-corrected chi connectivity index (χ3v) is 4.61. The molecule has 0 aliphatic carbocycles. The predicted molar refractivity (Wildman–Crippen MR) is 80.0 cm³/mol. The van der Waals surface area contributed by atoms with Crippen LogP contribution in [0, 0.1) is 0 Å². The Morgan fingerprint density at radius 1 is 1.37 bits per heavy atom. The molecule has 6 heteroatoms. The number of rotatable bonds is 7. The normalized spacial score (nSPS) is 12.3. The van der Waals surface area contributed by atoms with Crippen LogP contribution in [0.2, 0.25) is 0 Å². The lowest BCUT2D eigenvalue weighted by atomic mass is 10.1. The second-order valence-electron chi connectivity index (χ2n) is 3.86. The molecule has 1 unspecified atom stereocenters. The van der Waals surface area contributed by atoms with Crippen molar-refractivity contribution in [1.82, 2.24) is 15.5 Å². The van der Waals surface area contributed by atoms with Crippen molar-refractivity contribution in [2.75, 3.05) is 19.4 Å². The van der Waals surface area contributed by atoms with Gasteiger partial charge in [0.2, 0.25) is 0 Å². The van der Waals surface area contributed by atoms with Gasteiger partial charge in [-0.25, -0.2) is 0 Å². The molecule has 0 spiro atoms. The molecular weight excluding hydrogens is 278 g/mol. The van der Waals surface area contributed by atoms with Crippen LogP contribution in [0.5, 0.6) is 5.75 Å². The Hall–Kier alpha value is -1.11. The van der Waals surface area contributed by atoms with Gasteiger partial charge in [-0.15, -0.1) is 10.2 Å². The van der Waals surface area contributed by atoms with E-state index in [1.165, 1.54) is 5.56 Å². The van der Waals surface area contributed by atoms with E-state index in [0.29, 0.717) is 12.6 Å². The first-order valence-electron chi connectivity index (χ1n) is 6.12. The molecule has 2 aromatic rings. The van der Waals surface area contributed by atoms with E-state index in [-0.39, 0.29) is 0 Å². The fourth-order valence-electron chi connectivity index (χ4n) is 1.69. The van der Waals surface area contributed by atoms with E-state index in [2.05, 4.69) is 27.6 Å². The van der Waals surface area contributed by atoms with Crippen LogP contribution in [0.1, 0.15) is 18.5 Å². The number of thioether (sulfide) groups is 1. The Morgan fingerprint density at radius 2 is 2.16 bits per heavy atom. The summed E-state index contributed by atoms with van der Waals surface area (Å²) in [7, 11) is 1.97. The van der Waals surface area contributed by atoms with E-state index < -0.39 is 0 Å². The fourth-order valence-corrected chi connectivity index (χ4v) is 3.35. The van der Waals surface area contributed by atoms with Gasteiger partial charge in [0.25, 0.3) is 0 Å². The Morgan fingerprint density at radius 3 is 2.74 bits per heavy atom. The van der Waals surface area contributed by atoms with Gasteiger partial charge < -0.3 is 10.1 Å². The standard InChI is InChI=1S/C13H17N3OS2/c1-3-17-11-6-4-10(5-7-11)12(14-2)8-18-13-16-15-9-19-13/h4-7,9,12,14H,3,8H2,1-2H3. The number of nitrogens with one attached hydrogen (secondary N) is 1. The number of hydrogen-bond acceptors (Lipinski definition) is 6. The monoisotopic (exact) mass is 295 g/mol. The molecular formula is C13H17N3OS2. The number of hydrogen-bond donors (Lipinski definition) is 1. The van der Waals surface area contributed by atoms with Crippen molar-refractivity contribution in [1.29, 1.82) is 0 Å². The zero-order valence-corrected chi connectivity index (χ0v) is 12.6. The maximum Gasteiger partial charge on any atom is 0.174 e. The highest BCUT2D eigenvalue weighted by molar-refractivity contribution is 8.01. The first kappa shape index (κ1) is 14.3. The molecule has 19 heavy (non-hydrogen) atoms. The molecule has 0 fully saturated rings. The molecule has 102 valence electrons. The summed E-state index contributed by atoms with van der Waals surface area (Å²) in [5.41, 5.74) is 3.01. The van der Waals surface area contributed by atoms with Crippen molar-refractivity contribution in [2.24, 2.45) is 0 Å². The van der Waals surface area contributed by atoms with Gasteiger partial charge in [0.1, 0.15) is 11.3 Å². The fraction of sp³-hybridized carbons (Fsp3) is 0.385. The van der Waals surface area contributed by atoms with Crippen LogP contribution in [-0.2, 0) is 0 Å². The van der Waals surface area contributed by atoms with E-state index in [0.717, 1.165) is 15.8 Å². The quantitative estimate of drug-likeness (QED) is 0.796. The van der Waals surface area contributed by atoms with Crippen molar-refractivity contribution in [3.8, 4) is 5.75 Å². The van der Waals surface area contributed by atoms with Crippen LogP contribution in [0.25, 0.3) is 0 Å². The molecule has 1 atom stereocenters. The van der Waals surface area contributed by atoms with Crippen LogP contribution in [0.3, 0.4) is 0 Å². The average Bonchev–Trinajstić information content (AvgIpc) is 2.95. The summed E-state index contributed by atoms with van der Waals surface area (Å²) < 4.78 is 6.46. The average molecular weight is 295 g/mol. The minimum absolute atomic E-state index is 0.296. The molecule has 0 aliphatic rings. The van der Waals surface area contributed by atoms with Crippen molar-refractivity contribution >= 4 is 23.1 Å². The van der Waals surface area contributed by atoms with Gasteiger partial charge in [0, 0.05) is 11.8 Å². The van der Waals surface area contributed by atoms with Crippen molar-refractivity contribution < 1.29 is 4.74 Å². The topological polar surface area (TPSA) is 47.0 Å². The highest BCUT2D eigenvalue weighted by Crippen LogP contribution is 2.26. The van der Waals surface area contributed by atoms with E-state index in [4.69, 9.17) is 4.74 Å². The highest BCUT2D eigenvalue weighted by Gasteiger charge is 2.11. The molecule has 1 aromatic carbocycles. The minimum atomic E-state index is 0.296. The zero-order valence-electron chi connectivity index (χ0n) is 11.0. The smallest absolute Gasteiger partial charge is 0.174 e. The first-order valence-corrected chi connectivity index (χ1v) is 7.99. The van der Waals surface area contributed by atoms with Crippen molar-refractivity contribution in [3.05, 3.63) is 35.3 Å². The van der Waals surface area contributed by atoms with E-state index >= 15 is 0 Å². The molecule has 0 radical (unpaired) electrons. The van der Waals surface area contributed by atoms with Gasteiger partial charge in [0.15, 0.2) is 4.34 Å². The number of ether oxygens (including phenoxy) is 1. The lowest BCUT2D eigenvalue weighted by Gasteiger charge is -2.16. The molecule has 0 aliphatic heterocycles. The Bertz CT molecular complexity index is 473. The van der Waals surface area contributed by atoms with E-state index in [1.54, 1.807) is 28.6 Å². The second kappa shape index (κ2) is 7.47. The van der Waals surface area contributed by atoms with E-state index in [1.807, 2.05) is 26.1 Å². The molecule has 1 N–H and O–H groups in total. The van der Waals surface area contributed by atoms with Crippen LogP contribution >= 0.6 is 23.1 Å². The molecule has 0 saturated carbocycles. The van der Waals surface area contributed by atoms with E-state index in [9.17, 15) is 0 Å². The Kier molecular flexibility index (Phi) is 5.62. The van der Waals surface area contributed by atoms with Gasteiger partial charge >= 0.3 is 0 Å². The van der Waals surface area contributed by atoms with Gasteiger partial charge in [0.05, 0.1) is 6.61 Å². The molecule has 0 saturated heterocycles. The minimum Gasteiger partial charge on any atom is -0.494 e. The van der Waals surface area contributed by atoms with Gasteiger partial charge in [-0.2, -0.15) is 0 Å². The molecule has 0 bridgehead atoms. The summed E-state index contributed by atoms with van der Waals surface area (Å²) in [6.07, 6.45) is 0. The number of aromatic nitrogens is 2. The van der Waals surface area contributed by atoms with Crippen LogP contribution in [0.4, 0.5) is 0 Å². The summed E-state index contributed by atoms with van der Waals surface area (Å²) in [5.74, 6) is 1.84. The number of benzene rings is 1. The summed E-state index contributed by atoms with van der Waals surface area (Å²) in [6.45, 7) is 2.69. The Labute approximate surface area is 121 Å². The largest absolute Gasteiger partial charge is 0.494 e. The maximum atomic E-state index is 5.45. The van der Waals surface area contributed by atoms with Crippen molar-refractivity contribution in [2.45, 2.75) is 17.3 Å². The molecule has 2 rings (SSSR count). The van der Waals surface area contributed by atoms with Crippen molar-refractivity contribution in [3.63, 3.8) is 0 Å². The van der Waals surface area contributed by atoms with Gasteiger partial charge in [-0.1, -0.05) is 35.2 Å².